The minimum atomic E-state index is 0. The fourth-order valence-corrected chi connectivity index (χ4v) is 2.62. The number of ether oxygens (including phenoxy) is 2. The minimum absolute atomic E-state index is 0. The summed E-state index contributed by atoms with van der Waals surface area (Å²) in [5.41, 5.74) is 3.62. The second-order valence-electron chi connectivity index (χ2n) is 6.08. The Kier molecular flexibility index (Phi) is 13.8. The molecule has 0 bridgehead atoms. The monoisotopic (exact) mass is 414 g/mol. The second-order valence-corrected chi connectivity index (χ2v) is 6.08. The maximum absolute atomic E-state index is 5.97. The number of rotatable bonds is 11. The quantitative estimate of drug-likeness (QED) is 0.530. The van der Waals surface area contributed by atoms with Gasteiger partial charge < -0.3 is 20.1 Å². The minimum Gasteiger partial charge on any atom is -0.493 e. The lowest BCUT2D eigenvalue weighted by molar-refractivity contribution is 0.283. The summed E-state index contributed by atoms with van der Waals surface area (Å²) >= 11 is 0. The zero-order valence-electron chi connectivity index (χ0n) is 16.4. The van der Waals surface area contributed by atoms with Crippen molar-refractivity contribution in [2.24, 2.45) is 0 Å². The highest BCUT2D eigenvalue weighted by Crippen LogP contribution is 2.29. The van der Waals surface area contributed by atoms with E-state index < -0.39 is 0 Å². The lowest BCUT2D eigenvalue weighted by Gasteiger charge is -2.13. The number of halogens is 2. The van der Waals surface area contributed by atoms with E-state index in [0.29, 0.717) is 6.61 Å². The maximum atomic E-state index is 5.97. The van der Waals surface area contributed by atoms with Gasteiger partial charge in [-0.25, -0.2) is 0 Å². The summed E-state index contributed by atoms with van der Waals surface area (Å²) in [6.07, 6.45) is 1.13. The van der Waals surface area contributed by atoms with E-state index in [1.165, 1.54) is 16.7 Å². The summed E-state index contributed by atoms with van der Waals surface area (Å²) in [5.74, 6) is 1.56. The van der Waals surface area contributed by atoms with Crippen LogP contribution < -0.4 is 20.1 Å². The van der Waals surface area contributed by atoms with Crippen LogP contribution in [0.15, 0.2) is 42.5 Å². The largest absolute Gasteiger partial charge is 0.493 e. The van der Waals surface area contributed by atoms with Gasteiger partial charge in [-0.05, 0) is 61.8 Å². The van der Waals surface area contributed by atoms with Gasteiger partial charge in [0.15, 0.2) is 11.5 Å². The lowest BCUT2D eigenvalue weighted by Crippen LogP contribution is -2.21. The van der Waals surface area contributed by atoms with E-state index >= 15 is 0 Å². The van der Waals surface area contributed by atoms with E-state index in [-0.39, 0.29) is 24.8 Å². The normalized spacial score (nSPS) is 9.89. The van der Waals surface area contributed by atoms with Crippen molar-refractivity contribution in [1.29, 1.82) is 0 Å². The summed E-state index contributed by atoms with van der Waals surface area (Å²) in [5, 5.41) is 6.79. The van der Waals surface area contributed by atoms with Crippen LogP contribution in [0.5, 0.6) is 11.5 Å². The number of benzene rings is 2. The van der Waals surface area contributed by atoms with Gasteiger partial charge >= 0.3 is 0 Å². The first-order chi connectivity index (χ1) is 12.2. The second kappa shape index (κ2) is 14.6. The van der Waals surface area contributed by atoms with Crippen LogP contribution in [0.4, 0.5) is 0 Å². The Hall–Kier alpha value is -1.46. The van der Waals surface area contributed by atoms with Gasteiger partial charge in [0.05, 0.1) is 7.11 Å². The average Bonchev–Trinajstić information content (AvgIpc) is 2.64. The van der Waals surface area contributed by atoms with Gasteiger partial charge in [0.25, 0.3) is 0 Å². The van der Waals surface area contributed by atoms with Crippen LogP contribution in [0.1, 0.15) is 30.0 Å². The van der Waals surface area contributed by atoms with E-state index in [0.717, 1.165) is 44.1 Å². The summed E-state index contributed by atoms with van der Waals surface area (Å²) < 4.78 is 11.5. The molecule has 2 rings (SSSR count). The third-order valence-electron chi connectivity index (χ3n) is 4.16. The number of nitrogens with one attached hydrogen (secondary N) is 2. The molecule has 0 heterocycles. The van der Waals surface area contributed by atoms with E-state index in [1.807, 2.05) is 24.3 Å². The van der Waals surface area contributed by atoms with Gasteiger partial charge in [0, 0.05) is 6.54 Å². The van der Waals surface area contributed by atoms with Crippen molar-refractivity contribution < 1.29 is 9.47 Å². The first kappa shape index (κ1) is 25.5. The Labute approximate surface area is 175 Å². The van der Waals surface area contributed by atoms with Crippen molar-refractivity contribution >= 4 is 24.8 Å². The first-order valence-corrected chi connectivity index (χ1v) is 9.00. The fraction of sp³-hybridized carbons (Fsp3) is 0.429. The molecule has 0 atom stereocenters. The molecule has 6 heteroatoms. The highest BCUT2D eigenvalue weighted by Gasteiger charge is 2.07. The number of methoxy groups -OCH3 is 1. The van der Waals surface area contributed by atoms with Crippen molar-refractivity contribution in [3.63, 3.8) is 0 Å². The van der Waals surface area contributed by atoms with Gasteiger partial charge in [0.1, 0.15) is 6.61 Å². The molecule has 0 amide bonds. The van der Waals surface area contributed by atoms with Crippen LogP contribution in [-0.4, -0.2) is 26.7 Å². The van der Waals surface area contributed by atoms with Crippen molar-refractivity contribution in [3.05, 3.63) is 59.2 Å². The third-order valence-corrected chi connectivity index (χ3v) is 4.16. The summed E-state index contributed by atoms with van der Waals surface area (Å²) in [6.45, 7) is 8.69. The molecule has 152 valence electrons. The van der Waals surface area contributed by atoms with Crippen LogP contribution in [0.3, 0.4) is 0 Å². The van der Waals surface area contributed by atoms with E-state index in [2.05, 4.69) is 42.7 Å². The standard InChI is InChI=1S/C21H30N2O2.2ClH/c1-4-22-12-7-13-23-15-18-10-11-20(21(14-18)24-3)25-16-19-9-6-5-8-17(19)2;;/h5-6,8-11,14,22-23H,4,7,12-13,15-16H2,1-3H3;2*1H. The molecule has 0 saturated carbocycles. The van der Waals surface area contributed by atoms with E-state index in [4.69, 9.17) is 9.47 Å². The lowest BCUT2D eigenvalue weighted by atomic mass is 10.1. The molecule has 2 N–H and O–H groups in total. The molecule has 0 aliphatic rings. The average molecular weight is 415 g/mol. The Balaban J connectivity index is 0.00000338. The Morgan fingerprint density at radius 3 is 2.37 bits per heavy atom. The molecule has 27 heavy (non-hydrogen) atoms. The summed E-state index contributed by atoms with van der Waals surface area (Å²) in [4.78, 5) is 0. The van der Waals surface area contributed by atoms with Crippen LogP contribution in [0.2, 0.25) is 0 Å². The van der Waals surface area contributed by atoms with Crippen molar-refractivity contribution in [2.45, 2.75) is 33.4 Å². The van der Waals surface area contributed by atoms with Crippen LogP contribution in [-0.2, 0) is 13.2 Å². The van der Waals surface area contributed by atoms with Crippen molar-refractivity contribution in [1.82, 2.24) is 10.6 Å². The fourth-order valence-electron chi connectivity index (χ4n) is 2.62. The Morgan fingerprint density at radius 2 is 1.67 bits per heavy atom. The third kappa shape index (κ3) is 8.85. The SMILES string of the molecule is CCNCCCNCc1ccc(OCc2ccccc2C)c(OC)c1.Cl.Cl. The molecule has 0 radical (unpaired) electrons. The molecule has 0 unspecified atom stereocenters. The molecular formula is C21H32Cl2N2O2. The zero-order chi connectivity index (χ0) is 17.9. The van der Waals surface area contributed by atoms with Crippen LogP contribution >= 0.6 is 24.8 Å². The van der Waals surface area contributed by atoms with Gasteiger partial charge in [-0.2, -0.15) is 0 Å². The number of aryl methyl sites for hydroxylation is 1. The molecule has 0 aliphatic carbocycles. The molecule has 4 nitrogen and oxygen atoms in total. The molecule has 0 fully saturated rings. The Bertz CT molecular complexity index is 654. The molecule has 2 aromatic rings. The molecule has 2 aromatic carbocycles. The molecule has 0 saturated heterocycles. The van der Waals surface area contributed by atoms with Gasteiger partial charge in [-0.15, -0.1) is 24.8 Å². The molecular weight excluding hydrogens is 383 g/mol. The maximum Gasteiger partial charge on any atom is 0.161 e. The highest BCUT2D eigenvalue weighted by atomic mass is 35.5. The van der Waals surface area contributed by atoms with E-state index in [1.54, 1.807) is 7.11 Å². The highest BCUT2D eigenvalue weighted by molar-refractivity contribution is 5.85. The van der Waals surface area contributed by atoms with Crippen molar-refractivity contribution in [2.75, 3.05) is 26.7 Å². The Morgan fingerprint density at radius 1 is 0.926 bits per heavy atom. The summed E-state index contributed by atoms with van der Waals surface area (Å²) in [7, 11) is 1.68. The zero-order valence-corrected chi connectivity index (χ0v) is 18.1. The van der Waals surface area contributed by atoms with Gasteiger partial charge in [0.2, 0.25) is 0 Å². The summed E-state index contributed by atoms with van der Waals surface area (Å²) in [6, 6.07) is 14.4. The van der Waals surface area contributed by atoms with Gasteiger partial charge in [-0.1, -0.05) is 37.3 Å². The van der Waals surface area contributed by atoms with Crippen molar-refractivity contribution in [3.8, 4) is 11.5 Å². The number of hydrogen-bond donors (Lipinski definition) is 2. The van der Waals surface area contributed by atoms with Crippen LogP contribution in [0, 0.1) is 6.92 Å². The molecule has 0 aliphatic heterocycles. The van der Waals surface area contributed by atoms with Crippen LogP contribution in [0.25, 0.3) is 0 Å². The van der Waals surface area contributed by atoms with Gasteiger partial charge in [-0.3, -0.25) is 0 Å². The smallest absolute Gasteiger partial charge is 0.161 e. The first-order valence-electron chi connectivity index (χ1n) is 9.00. The predicted molar refractivity (Wildman–Crippen MR) is 118 cm³/mol. The topological polar surface area (TPSA) is 42.5 Å². The molecule has 0 aromatic heterocycles. The predicted octanol–water partition coefficient (Wildman–Crippen LogP) is 4.52. The van der Waals surface area contributed by atoms with E-state index in [9.17, 15) is 0 Å². The molecule has 0 spiro atoms. The number of hydrogen-bond acceptors (Lipinski definition) is 4.